The average molecular weight is 296 g/mol. The third-order valence-electron chi connectivity index (χ3n) is 2.58. The summed E-state index contributed by atoms with van der Waals surface area (Å²) in [7, 11) is 1.57. The summed E-state index contributed by atoms with van der Waals surface area (Å²) in [6, 6.07) is 5.50. The second-order valence-corrected chi connectivity index (χ2v) is 4.19. The van der Waals surface area contributed by atoms with Gasteiger partial charge in [-0.3, -0.25) is 9.59 Å². The minimum absolute atomic E-state index is 0.0449. The number of carbonyl (C=O) groups excluding carboxylic acids is 1. The lowest BCUT2D eigenvalue weighted by atomic mass is 10.2. The lowest BCUT2D eigenvalue weighted by molar-refractivity contribution is -0.137. The van der Waals surface area contributed by atoms with Crippen LogP contribution in [0.5, 0.6) is 11.5 Å². The van der Waals surface area contributed by atoms with Crippen LogP contribution in [0.4, 0.5) is 0 Å². The van der Waals surface area contributed by atoms with E-state index >= 15 is 0 Å². The SMILES string of the molecule is CCOc1cc(CNCC(=O)NCC(=O)O)ccc1OC. The van der Waals surface area contributed by atoms with Gasteiger partial charge in [0.2, 0.25) is 5.91 Å². The minimum atomic E-state index is -1.07. The van der Waals surface area contributed by atoms with Crippen LogP contribution in [0, 0.1) is 0 Å². The number of ether oxygens (including phenoxy) is 2. The number of aliphatic carboxylic acids is 1. The van der Waals surface area contributed by atoms with E-state index in [1.807, 2.05) is 19.1 Å². The summed E-state index contributed by atoms with van der Waals surface area (Å²) in [6.07, 6.45) is 0. The standard InChI is InChI=1S/C14H20N2O5/c1-3-21-12-6-10(4-5-11(12)20-2)7-15-8-13(17)16-9-14(18)19/h4-6,15H,3,7-9H2,1-2H3,(H,16,17)(H,18,19). The maximum absolute atomic E-state index is 11.3. The Morgan fingerprint density at radius 1 is 1.24 bits per heavy atom. The molecule has 1 aromatic rings. The van der Waals surface area contributed by atoms with Gasteiger partial charge in [-0.25, -0.2) is 0 Å². The number of nitrogens with one attached hydrogen (secondary N) is 2. The molecule has 0 spiro atoms. The van der Waals surface area contributed by atoms with Crippen molar-refractivity contribution in [2.75, 3.05) is 26.8 Å². The zero-order valence-corrected chi connectivity index (χ0v) is 12.1. The number of carboxylic acids is 1. The van der Waals surface area contributed by atoms with Crippen LogP contribution in [0.3, 0.4) is 0 Å². The first-order valence-corrected chi connectivity index (χ1v) is 6.55. The zero-order chi connectivity index (χ0) is 15.7. The molecular formula is C14H20N2O5. The molecule has 0 saturated carbocycles. The maximum Gasteiger partial charge on any atom is 0.322 e. The van der Waals surface area contributed by atoms with Crippen molar-refractivity contribution in [1.82, 2.24) is 10.6 Å². The Kier molecular flexibility index (Phi) is 7.03. The van der Waals surface area contributed by atoms with E-state index in [9.17, 15) is 9.59 Å². The molecule has 0 aliphatic rings. The van der Waals surface area contributed by atoms with Crippen LogP contribution in [-0.2, 0) is 16.1 Å². The largest absolute Gasteiger partial charge is 0.493 e. The highest BCUT2D eigenvalue weighted by Gasteiger charge is 2.06. The van der Waals surface area contributed by atoms with E-state index in [0.29, 0.717) is 24.7 Å². The molecule has 7 heteroatoms. The van der Waals surface area contributed by atoms with Gasteiger partial charge in [0.15, 0.2) is 11.5 Å². The molecule has 0 unspecified atom stereocenters. The van der Waals surface area contributed by atoms with Crippen molar-refractivity contribution in [1.29, 1.82) is 0 Å². The van der Waals surface area contributed by atoms with Crippen LogP contribution in [0.2, 0.25) is 0 Å². The van der Waals surface area contributed by atoms with E-state index in [1.54, 1.807) is 13.2 Å². The molecule has 7 nitrogen and oxygen atoms in total. The summed E-state index contributed by atoms with van der Waals surface area (Å²) >= 11 is 0. The third-order valence-corrected chi connectivity index (χ3v) is 2.58. The number of amides is 1. The number of hydrogen-bond donors (Lipinski definition) is 3. The van der Waals surface area contributed by atoms with E-state index in [2.05, 4.69) is 10.6 Å². The Labute approximate surface area is 123 Å². The predicted octanol–water partition coefficient (Wildman–Crippen LogP) is 0.384. The Bertz CT molecular complexity index is 490. The van der Waals surface area contributed by atoms with E-state index in [-0.39, 0.29) is 19.0 Å². The first kappa shape index (κ1) is 16.8. The number of rotatable bonds is 9. The van der Waals surface area contributed by atoms with Crippen molar-refractivity contribution in [2.24, 2.45) is 0 Å². The Morgan fingerprint density at radius 2 is 2.00 bits per heavy atom. The Morgan fingerprint density at radius 3 is 2.62 bits per heavy atom. The monoisotopic (exact) mass is 296 g/mol. The maximum atomic E-state index is 11.3. The lowest BCUT2D eigenvalue weighted by Crippen LogP contribution is -2.36. The molecular weight excluding hydrogens is 276 g/mol. The topological polar surface area (TPSA) is 96.9 Å². The molecule has 21 heavy (non-hydrogen) atoms. The van der Waals surface area contributed by atoms with Gasteiger partial charge in [-0.05, 0) is 24.6 Å². The molecule has 0 saturated heterocycles. The molecule has 0 aromatic heterocycles. The first-order chi connectivity index (χ1) is 10.1. The van der Waals surface area contributed by atoms with Gasteiger partial charge in [0.25, 0.3) is 0 Å². The molecule has 1 rings (SSSR count). The third kappa shape index (κ3) is 6.13. The van der Waals surface area contributed by atoms with Gasteiger partial charge in [0, 0.05) is 6.54 Å². The molecule has 0 aliphatic carbocycles. The van der Waals surface area contributed by atoms with Gasteiger partial charge in [-0.1, -0.05) is 6.07 Å². The van der Waals surface area contributed by atoms with Crippen molar-refractivity contribution in [2.45, 2.75) is 13.5 Å². The molecule has 116 valence electrons. The van der Waals surface area contributed by atoms with Gasteiger partial charge in [-0.15, -0.1) is 0 Å². The van der Waals surface area contributed by atoms with E-state index in [4.69, 9.17) is 14.6 Å². The summed E-state index contributed by atoms with van der Waals surface area (Å²) in [5.41, 5.74) is 0.935. The minimum Gasteiger partial charge on any atom is -0.493 e. The van der Waals surface area contributed by atoms with E-state index in [1.165, 1.54) is 0 Å². The molecule has 0 radical (unpaired) electrons. The highest BCUT2D eigenvalue weighted by molar-refractivity contribution is 5.82. The molecule has 3 N–H and O–H groups in total. The van der Waals surface area contributed by atoms with Crippen LogP contribution in [0.1, 0.15) is 12.5 Å². The van der Waals surface area contributed by atoms with Crippen LogP contribution in [0.25, 0.3) is 0 Å². The van der Waals surface area contributed by atoms with Crippen molar-refractivity contribution >= 4 is 11.9 Å². The first-order valence-electron chi connectivity index (χ1n) is 6.55. The molecule has 0 aliphatic heterocycles. The fraction of sp³-hybridized carbons (Fsp3) is 0.429. The fourth-order valence-electron chi connectivity index (χ4n) is 1.66. The van der Waals surface area contributed by atoms with Crippen LogP contribution < -0.4 is 20.1 Å². The van der Waals surface area contributed by atoms with Gasteiger partial charge < -0.3 is 25.2 Å². The molecule has 0 heterocycles. The Hall–Kier alpha value is -2.28. The summed E-state index contributed by atoms with van der Waals surface area (Å²) < 4.78 is 10.6. The van der Waals surface area contributed by atoms with Crippen LogP contribution in [0.15, 0.2) is 18.2 Å². The van der Waals surface area contributed by atoms with Gasteiger partial charge in [-0.2, -0.15) is 0 Å². The number of methoxy groups -OCH3 is 1. The van der Waals surface area contributed by atoms with E-state index < -0.39 is 5.97 Å². The van der Waals surface area contributed by atoms with Gasteiger partial charge in [0.1, 0.15) is 6.54 Å². The average Bonchev–Trinajstić information content (AvgIpc) is 2.46. The summed E-state index contributed by atoms with van der Waals surface area (Å²) in [5, 5.41) is 13.6. The van der Waals surface area contributed by atoms with Gasteiger partial charge in [0.05, 0.1) is 20.3 Å². The fourth-order valence-corrected chi connectivity index (χ4v) is 1.66. The predicted molar refractivity (Wildman–Crippen MR) is 76.5 cm³/mol. The van der Waals surface area contributed by atoms with Crippen molar-refractivity contribution in [3.63, 3.8) is 0 Å². The molecule has 0 fully saturated rings. The smallest absolute Gasteiger partial charge is 0.322 e. The number of carbonyl (C=O) groups is 2. The summed E-state index contributed by atoms with van der Waals surface area (Å²) in [5.74, 6) is -0.134. The summed E-state index contributed by atoms with van der Waals surface area (Å²) in [4.78, 5) is 21.6. The Balaban J connectivity index is 2.46. The molecule has 0 bridgehead atoms. The number of carboxylic acid groups (broad SMARTS) is 1. The highest BCUT2D eigenvalue weighted by atomic mass is 16.5. The van der Waals surface area contributed by atoms with Crippen LogP contribution >= 0.6 is 0 Å². The van der Waals surface area contributed by atoms with E-state index in [0.717, 1.165) is 5.56 Å². The second-order valence-electron chi connectivity index (χ2n) is 4.19. The molecule has 1 aromatic carbocycles. The summed E-state index contributed by atoms with van der Waals surface area (Å²) in [6.45, 7) is 2.55. The lowest BCUT2D eigenvalue weighted by Gasteiger charge is -2.11. The van der Waals surface area contributed by atoms with Crippen molar-refractivity contribution in [3.05, 3.63) is 23.8 Å². The quantitative estimate of drug-likeness (QED) is 0.610. The van der Waals surface area contributed by atoms with Crippen molar-refractivity contribution in [3.8, 4) is 11.5 Å². The number of benzene rings is 1. The number of hydrogen-bond acceptors (Lipinski definition) is 5. The highest BCUT2D eigenvalue weighted by Crippen LogP contribution is 2.27. The van der Waals surface area contributed by atoms with Crippen molar-refractivity contribution < 1.29 is 24.2 Å². The van der Waals surface area contributed by atoms with Crippen LogP contribution in [-0.4, -0.2) is 43.8 Å². The normalized spacial score (nSPS) is 10.0. The zero-order valence-electron chi connectivity index (χ0n) is 12.1. The second kappa shape index (κ2) is 8.80. The van der Waals surface area contributed by atoms with Gasteiger partial charge >= 0.3 is 5.97 Å². The molecule has 1 amide bonds. The molecule has 0 atom stereocenters.